The highest BCUT2D eigenvalue weighted by Gasteiger charge is 2.20. The molecule has 2 heterocycles. The van der Waals surface area contributed by atoms with Gasteiger partial charge in [-0.25, -0.2) is 4.98 Å². The average molecular weight is 436 g/mol. The normalized spacial score (nSPS) is 14.5. The Kier molecular flexibility index (Phi) is 7.27. The predicted molar refractivity (Wildman–Crippen MR) is 126 cm³/mol. The van der Waals surface area contributed by atoms with E-state index in [1.54, 1.807) is 0 Å². The monoisotopic (exact) mass is 435 g/mol. The molecule has 1 N–H and O–H groups in total. The van der Waals surface area contributed by atoms with Crippen LogP contribution in [0.1, 0.15) is 34.2 Å². The third kappa shape index (κ3) is 5.89. The molecule has 1 amide bonds. The quantitative estimate of drug-likeness (QED) is 0.589. The molecule has 0 aliphatic carbocycles. The van der Waals surface area contributed by atoms with Crippen molar-refractivity contribution in [2.24, 2.45) is 0 Å². The van der Waals surface area contributed by atoms with Crippen molar-refractivity contribution in [1.29, 1.82) is 0 Å². The molecule has 6 nitrogen and oxygen atoms in total. The average Bonchev–Trinajstić information content (AvgIpc) is 3.28. The summed E-state index contributed by atoms with van der Waals surface area (Å²) in [5.41, 5.74) is 3.21. The first kappa shape index (κ1) is 21.5. The number of carbonyl (C=O) groups is 1. The van der Waals surface area contributed by atoms with E-state index in [-0.39, 0.29) is 5.91 Å². The van der Waals surface area contributed by atoms with Crippen LogP contribution in [0.15, 0.2) is 54.6 Å². The van der Waals surface area contributed by atoms with Gasteiger partial charge in [0.15, 0.2) is 0 Å². The maximum Gasteiger partial charge on any atom is 0.251 e. The number of carbonyl (C=O) groups excluding carboxylic acids is 1. The summed E-state index contributed by atoms with van der Waals surface area (Å²) in [6.07, 6.45) is 1.76. The molecule has 31 heavy (non-hydrogen) atoms. The molecule has 0 radical (unpaired) electrons. The van der Waals surface area contributed by atoms with E-state index in [9.17, 15) is 4.79 Å². The van der Waals surface area contributed by atoms with Crippen molar-refractivity contribution in [3.05, 3.63) is 77.1 Å². The van der Waals surface area contributed by atoms with Crippen LogP contribution in [0.5, 0.6) is 0 Å². The molecular formula is C24H29N5OS. The zero-order valence-electron chi connectivity index (χ0n) is 18.0. The van der Waals surface area contributed by atoms with Gasteiger partial charge in [0.1, 0.15) is 5.82 Å². The summed E-state index contributed by atoms with van der Waals surface area (Å²) >= 11 is 1.49. The lowest BCUT2D eigenvalue weighted by Crippen LogP contribution is -2.48. The summed E-state index contributed by atoms with van der Waals surface area (Å²) in [6.45, 7) is 7.45. The molecule has 7 heteroatoms. The van der Waals surface area contributed by atoms with Crippen molar-refractivity contribution in [3.8, 4) is 0 Å². The lowest BCUT2D eigenvalue weighted by molar-refractivity contribution is 0.0948. The summed E-state index contributed by atoms with van der Waals surface area (Å²) < 4.78 is 4.54. The molecule has 162 valence electrons. The standard InChI is InChI=1S/C24H29N5OS/c1-2-19-8-10-21(11-9-19)23(30)25-12-13-28-14-16-29(17-15-28)24-26-22(27-31-24)18-20-6-4-3-5-7-20/h3-11H,2,12-18H2,1H3,(H,25,30). The maximum absolute atomic E-state index is 12.3. The van der Waals surface area contributed by atoms with E-state index in [0.29, 0.717) is 6.54 Å². The molecule has 0 spiro atoms. The fraction of sp³-hybridized carbons (Fsp3) is 0.375. The fourth-order valence-electron chi connectivity index (χ4n) is 3.71. The first-order valence-corrected chi connectivity index (χ1v) is 11.7. The van der Waals surface area contributed by atoms with Crippen LogP contribution in [-0.2, 0) is 12.8 Å². The summed E-state index contributed by atoms with van der Waals surface area (Å²) in [4.78, 5) is 21.8. The van der Waals surface area contributed by atoms with Gasteiger partial charge < -0.3 is 10.2 Å². The maximum atomic E-state index is 12.3. The number of amides is 1. The number of aromatic nitrogens is 2. The molecule has 1 fully saturated rings. The topological polar surface area (TPSA) is 61.4 Å². The van der Waals surface area contributed by atoms with Crippen molar-refractivity contribution in [3.63, 3.8) is 0 Å². The van der Waals surface area contributed by atoms with Crippen LogP contribution in [0.3, 0.4) is 0 Å². The number of nitrogens with one attached hydrogen (secondary N) is 1. The molecule has 0 bridgehead atoms. The number of hydrogen-bond acceptors (Lipinski definition) is 6. The van der Waals surface area contributed by atoms with Crippen molar-refractivity contribution >= 4 is 22.6 Å². The minimum absolute atomic E-state index is 0.00101. The number of nitrogens with zero attached hydrogens (tertiary/aromatic N) is 4. The Bertz CT molecular complexity index is 965. The van der Waals surface area contributed by atoms with Gasteiger partial charge in [-0.05, 0) is 29.7 Å². The van der Waals surface area contributed by atoms with Crippen molar-refractivity contribution in [1.82, 2.24) is 19.6 Å². The lowest BCUT2D eigenvalue weighted by Gasteiger charge is -2.34. The second-order valence-corrected chi connectivity index (χ2v) is 8.52. The van der Waals surface area contributed by atoms with E-state index in [2.05, 4.69) is 38.5 Å². The van der Waals surface area contributed by atoms with E-state index in [1.165, 1.54) is 22.7 Å². The molecule has 3 aromatic rings. The second-order valence-electron chi connectivity index (χ2n) is 7.79. The van der Waals surface area contributed by atoms with Gasteiger partial charge in [0, 0.05) is 62.8 Å². The van der Waals surface area contributed by atoms with E-state index < -0.39 is 0 Å². The van der Waals surface area contributed by atoms with Crippen LogP contribution >= 0.6 is 11.5 Å². The van der Waals surface area contributed by atoms with E-state index in [0.717, 1.165) is 62.1 Å². The highest BCUT2D eigenvalue weighted by molar-refractivity contribution is 7.09. The Morgan fingerprint density at radius 3 is 2.45 bits per heavy atom. The van der Waals surface area contributed by atoms with Gasteiger partial charge in [0.05, 0.1) is 0 Å². The fourth-order valence-corrected chi connectivity index (χ4v) is 4.44. The van der Waals surface area contributed by atoms with Gasteiger partial charge >= 0.3 is 0 Å². The van der Waals surface area contributed by atoms with Gasteiger partial charge in [-0.1, -0.05) is 49.4 Å². The van der Waals surface area contributed by atoms with Crippen LogP contribution in [0.25, 0.3) is 0 Å². The molecule has 1 aromatic heterocycles. The molecule has 1 saturated heterocycles. The second kappa shape index (κ2) is 10.5. The molecule has 0 saturated carbocycles. The SMILES string of the molecule is CCc1ccc(C(=O)NCCN2CCN(c3nc(Cc4ccccc4)ns3)CC2)cc1. The van der Waals surface area contributed by atoms with Crippen molar-refractivity contribution in [2.75, 3.05) is 44.2 Å². The molecule has 1 aliphatic heterocycles. The largest absolute Gasteiger partial charge is 0.351 e. The predicted octanol–water partition coefficient (Wildman–Crippen LogP) is 3.24. The Balaban J connectivity index is 1.19. The molecule has 2 aromatic carbocycles. The summed E-state index contributed by atoms with van der Waals surface area (Å²) in [5.74, 6) is 0.893. The minimum Gasteiger partial charge on any atom is -0.351 e. The molecule has 0 atom stereocenters. The van der Waals surface area contributed by atoms with Gasteiger partial charge in [-0.15, -0.1) is 0 Å². The van der Waals surface area contributed by atoms with Crippen molar-refractivity contribution in [2.45, 2.75) is 19.8 Å². The van der Waals surface area contributed by atoms with Crippen LogP contribution in [0.2, 0.25) is 0 Å². The van der Waals surface area contributed by atoms with Crippen molar-refractivity contribution < 1.29 is 4.79 Å². The van der Waals surface area contributed by atoms with Gasteiger partial charge in [-0.3, -0.25) is 9.69 Å². The zero-order valence-corrected chi connectivity index (χ0v) is 18.8. The lowest BCUT2D eigenvalue weighted by atomic mass is 10.1. The van der Waals surface area contributed by atoms with Gasteiger partial charge in [0.2, 0.25) is 5.13 Å². The summed E-state index contributed by atoms with van der Waals surface area (Å²) in [5, 5.41) is 4.05. The zero-order chi connectivity index (χ0) is 21.5. The minimum atomic E-state index is 0.00101. The van der Waals surface area contributed by atoms with Crippen LogP contribution in [0, 0.1) is 0 Å². The Morgan fingerprint density at radius 2 is 1.74 bits per heavy atom. The van der Waals surface area contributed by atoms with Gasteiger partial charge in [-0.2, -0.15) is 4.37 Å². The molecular weight excluding hydrogens is 406 g/mol. The Morgan fingerprint density at radius 1 is 1.00 bits per heavy atom. The van der Waals surface area contributed by atoms with Crippen LogP contribution in [0.4, 0.5) is 5.13 Å². The number of anilines is 1. The number of hydrogen-bond donors (Lipinski definition) is 1. The number of piperazine rings is 1. The summed E-state index contributed by atoms with van der Waals surface area (Å²) in [7, 11) is 0. The van der Waals surface area contributed by atoms with Crippen LogP contribution < -0.4 is 10.2 Å². The molecule has 4 rings (SSSR count). The summed E-state index contributed by atoms with van der Waals surface area (Å²) in [6, 6.07) is 18.2. The van der Waals surface area contributed by atoms with E-state index >= 15 is 0 Å². The third-order valence-electron chi connectivity index (χ3n) is 5.64. The Labute approximate surface area is 188 Å². The third-order valence-corrected chi connectivity index (χ3v) is 6.46. The highest BCUT2D eigenvalue weighted by atomic mass is 32.1. The number of rotatable bonds is 8. The van der Waals surface area contributed by atoms with E-state index in [1.807, 2.05) is 42.5 Å². The highest BCUT2D eigenvalue weighted by Crippen LogP contribution is 2.20. The number of aryl methyl sites for hydroxylation is 1. The van der Waals surface area contributed by atoms with E-state index in [4.69, 9.17) is 4.98 Å². The van der Waals surface area contributed by atoms with Gasteiger partial charge in [0.25, 0.3) is 5.91 Å². The molecule has 1 aliphatic rings. The first-order chi connectivity index (χ1) is 15.2. The van der Waals surface area contributed by atoms with Crippen LogP contribution in [-0.4, -0.2) is 59.4 Å². The Hall–Kier alpha value is -2.77. The number of benzene rings is 2. The first-order valence-electron chi connectivity index (χ1n) is 10.9. The molecule has 0 unspecified atom stereocenters. The smallest absolute Gasteiger partial charge is 0.251 e.